The number of benzene rings is 1. The molecule has 0 spiro atoms. The van der Waals surface area contributed by atoms with Crippen molar-refractivity contribution in [1.82, 2.24) is 0 Å². The largest absolute Gasteiger partial charge is 0.346 e. The zero-order valence-corrected chi connectivity index (χ0v) is 11.6. The molecule has 1 aromatic rings. The molecule has 1 aliphatic rings. The van der Waals surface area contributed by atoms with E-state index in [1.807, 2.05) is 24.3 Å². The van der Waals surface area contributed by atoms with E-state index in [0.29, 0.717) is 26.2 Å². The topological polar surface area (TPSA) is 73.6 Å². The fourth-order valence-corrected chi connectivity index (χ4v) is 2.14. The zero-order chi connectivity index (χ0) is 14.2. The van der Waals surface area contributed by atoms with Gasteiger partial charge in [-0.3, -0.25) is 4.79 Å². The van der Waals surface area contributed by atoms with E-state index in [9.17, 15) is 4.79 Å². The zero-order valence-electron chi connectivity index (χ0n) is 11.6. The molecule has 5 heteroatoms. The van der Waals surface area contributed by atoms with Crippen LogP contribution < -0.4 is 11.1 Å². The number of rotatable bonds is 7. The second-order valence-corrected chi connectivity index (χ2v) is 4.85. The first-order chi connectivity index (χ1) is 9.79. The van der Waals surface area contributed by atoms with Crippen molar-refractivity contribution >= 4 is 11.6 Å². The molecule has 1 amide bonds. The molecule has 1 aliphatic heterocycles. The van der Waals surface area contributed by atoms with Gasteiger partial charge in [0.1, 0.15) is 0 Å². The summed E-state index contributed by atoms with van der Waals surface area (Å²) in [6, 6.07) is 7.60. The SMILES string of the molecule is NCCCCCC(=O)Nc1cccc(C2OCCO2)c1. The number of nitrogens with one attached hydrogen (secondary N) is 1. The molecule has 0 radical (unpaired) electrons. The van der Waals surface area contributed by atoms with E-state index < -0.39 is 0 Å². The molecule has 20 heavy (non-hydrogen) atoms. The maximum Gasteiger partial charge on any atom is 0.224 e. The van der Waals surface area contributed by atoms with Gasteiger partial charge in [0.2, 0.25) is 5.91 Å². The van der Waals surface area contributed by atoms with Gasteiger partial charge in [-0.1, -0.05) is 18.6 Å². The predicted octanol–water partition coefficient (Wildman–Crippen LogP) is 2.19. The lowest BCUT2D eigenvalue weighted by Gasteiger charge is -2.11. The normalized spacial score (nSPS) is 15.4. The summed E-state index contributed by atoms with van der Waals surface area (Å²) in [4.78, 5) is 11.8. The number of carbonyl (C=O) groups is 1. The van der Waals surface area contributed by atoms with Crippen LogP contribution in [-0.4, -0.2) is 25.7 Å². The van der Waals surface area contributed by atoms with Crippen LogP contribution in [0.3, 0.4) is 0 Å². The minimum atomic E-state index is -0.309. The molecular formula is C15H22N2O3. The van der Waals surface area contributed by atoms with E-state index in [-0.39, 0.29) is 12.2 Å². The first kappa shape index (κ1) is 15.0. The molecule has 1 fully saturated rings. The monoisotopic (exact) mass is 278 g/mol. The standard InChI is InChI=1S/C15H22N2O3/c16-8-3-1-2-7-14(18)17-13-6-4-5-12(11-13)15-19-9-10-20-15/h4-6,11,15H,1-3,7-10,16H2,(H,17,18). The number of hydrogen-bond acceptors (Lipinski definition) is 4. The van der Waals surface area contributed by atoms with E-state index in [4.69, 9.17) is 15.2 Å². The van der Waals surface area contributed by atoms with Gasteiger partial charge in [0, 0.05) is 17.7 Å². The van der Waals surface area contributed by atoms with Crippen molar-refractivity contribution in [3.63, 3.8) is 0 Å². The van der Waals surface area contributed by atoms with E-state index in [2.05, 4.69) is 5.32 Å². The van der Waals surface area contributed by atoms with Gasteiger partial charge >= 0.3 is 0 Å². The highest BCUT2D eigenvalue weighted by atomic mass is 16.7. The Kier molecular flexibility index (Phi) is 5.98. The summed E-state index contributed by atoms with van der Waals surface area (Å²) in [6.45, 7) is 1.91. The maximum absolute atomic E-state index is 11.8. The van der Waals surface area contributed by atoms with Crippen LogP contribution in [0.25, 0.3) is 0 Å². The molecule has 3 N–H and O–H groups in total. The maximum atomic E-state index is 11.8. The Morgan fingerprint density at radius 3 is 2.80 bits per heavy atom. The van der Waals surface area contributed by atoms with Crippen molar-refractivity contribution in [3.8, 4) is 0 Å². The molecule has 1 aromatic carbocycles. The van der Waals surface area contributed by atoms with Gasteiger partial charge < -0.3 is 20.5 Å². The van der Waals surface area contributed by atoms with Crippen LogP contribution in [0.2, 0.25) is 0 Å². The van der Waals surface area contributed by atoms with Gasteiger partial charge in [-0.2, -0.15) is 0 Å². The molecule has 0 aromatic heterocycles. The van der Waals surface area contributed by atoms with Gasteiger partial charge in [-0.05, 0) is 31.5 Å². The van der Waals surface area contributed by atoms with Gasteiger partial charge in [0.15, 0.2) is 6.29 Å². The molecule has 0 unspecified atom stereocenters. The highest BCUT2D eigenvalue weighted by Crippen LogP contribution is 2.25. The highest BCUT2D eigenvalue weighted by molar-refractivity contribution is 5.90. The Labute approximate surface area is 119 Å². The number of carbonyl (C=O) groups excluding carboxylic acids is 1. The van der Waals surface area contributed by atoms with Crippen LogP contribution in [0.4, 0.5) is 5.69 Å². The average Bonchev–Trinajstić information content (AvgIpc) is 2.98. The number of hydrogen-bond donors (Lipinski definition) is 2. The number of nitrogens with two attached hydrogens (primary N) is 1. The number of anilines is 1. The first-order valence-corrected chi connectivity index (χ1v) is 7.12. The van der Waals surface area contributed by atoms with E-state index >= 15 is 0 Å². The summed E-state index contributed by atoms with van der Waals surface area (Å²) in [5.74, 6) is 0.0347. The Hall–Kier alpha value is -1.43. The predicted molar refractivity (Wildman–Crippen MR) is 77.2 cm³/mol. The van der Waals surface area contributed by atoms with Crippen molar-refractivity contribution in [2.24, 2.45) is 5.73 Å². The van der Waals surface area contributed by atoms with Crippen molar-refractivity contribution in [2.75, 3.05) is 25.1 Å². The molecule has 0 bridgehead atoms. The molecule has 0 aliphatic carbocycles. The molecule has 110 valence electrons. The van der Waals surface area contributed by atoms with E-state index in [1.54, 1.807) is 0 Å². The van der Waals surface area contributed by atoms with Crippen LogP contribution in [0.1, 0.15) is 37.5 Å². The van der Waals surface area contributed by atoms with Crippen LogP contribution in [0, 0.1) is 0 Å². The smallest absolute Gasteiger partial charge is 0.224 e. The van der Waals surface area contributed by atoms with Crippen molar-refractivity contribution in [3.05, 3.63) is 29.8 Å². The van der Waals surface area contributed by atoms with Gasteiger partial charge in [0.05, 0.1) is 13.2 Å². The molecule has 1 heterocycles. The summed E-state index contributed by atoms with van der Waals surface area (Å²) in [7, 11) is 0. The number of unbranched alkanes of at least 4 members (excludes halogenated alkanes) is 2. The molecule has 0 atom stereocenters. The van der Waals surface area contributed by atoms with Crippen molar-refractivity contribution < 1.29 is 14.3 Å². The highest BCUT2D eigenvalue weighted by Gasteiger charge is 2.18. The lowest BCUT2D eigenvalue weighted by atomic mass is 10.1. The Balaban J connectivity index is 1.82. The van der Waals surface area contributed by atoms with Crippen LogP contribution in [0.15, 0.2) is 24.3 Å². The molecule has 2 rings (SSSR count). The van der Waals surface area contributed by atoms with Crippen LogP contribution in [0.5, 0.6) is 0 Å². The molecule has 1 saturated heterocycles. The number of amides is 1. The summed E-state index contributed by atoms with van der Waals surface area (Å²) in [6.07, 6.45) is 3.06. The number of ether oxygens (including phenoxy) is 2. The van der Waals surface area contributed by atoms with Crippen molar-refractivity contribution in [2.45, 2.75) is 32.0 Å². The Morgan fingerprint density at radius 1 is 1.25 bits per heavy atom. The third-order valence-corrected chi connectivity index (χ3v) is 3.17. The lowest BCUT2D eigenvalue weighted by Crippen LogP contribution is -2.12. The van der Waals surface area contributed by atoms with Gasteiger partial charge in [0.25, 0.3) is 0 Å². The molecular weight excluding hydrogens is 256 g/mol. The molecule has 5 nitrogen and oxygen atoms in total. The third kappa shape index (κ3) is 4.59. The minimum Gasteiger partial charge on any atom is -0.346 e. The summed E-state index contributed by atoms with van der Waals surface area (Å²) in [5, 5.41) is 2.90. The second kappa shape index (κ2) is 7.99. The van der Waals surface area contributed by atoms with Gasteiger partial charge in [-0.15, -0.1) is 0 Å². The van der Waals surface area contributed by atoms with Crippen molar-refractivity contribution in [1.29, 1.82) is 0 Å². The van der Waals surface area contributed by atoms with Crippen LogP contribution >= 0.6 is 0 Å². The van der Waals surface area contributed by atoms with Gasteiger partial charge in [-0.25, -0.2) is 0 Å². The van der Waals surface area contributed by atoms with Crippen LogP contribution in [-0.2, 0) is 14.3 Å². The van der Waals surface area contributed by atoms with E-state index in [0.717, 1.165) is 30.5 Å². The Morgan fingerprint density at radius 2 is 2.05 bits per heavy atom. The summed E-state index contributed by atoms with van der Waals surface area (Å²) >= 11 is 0. The summed E-state index contributed by atoms with van der Waals surface area (Å²) < 4.78 is 10.9. The fourth-order valence-electron chi connectivity index (χ4n) is 2.14. The Bertz CT molecular complexity index is 431. The fraction of sp³-hybridized carbons (Fsp3) is 0.533. The lowest BCUT2D eigenvalue weighted by molar-refractivity contribution is -0.116. The quantitative estimate of drug-likeness (QED) is 0.750. The average molecular weight is 278 g/mol. The van der Waals surface area contributed by atoms with E-state index in [1.165, 1.54) is 0 Å². The second-order valence-electron chi connectivity index (χ2n) is 4.85. The third-order valence-electron chi connectivity index (χ3n) is 3.17. The molecule has 0 saturated carbocycles. The minimum absolute atomic E-state index is 0.0347. The summed E-state index contributed by atoms with van der Waals surface area (Å²) in [5.41, 5.74) is 7.14. The first-order valence-electron chi connectivity index (χ1n) is 7.12.